The average molecular weight is 334 g/mol. The van der Waals surface area contributed by atoms with Crippen LogP contribution in [0, 0.1) is 0 Å². The minimum Gasteiger partial charge on any atom is -0.493 e. The Bertz CT molecular complexity index is 584. The van der Waals surface area contributed by atoms with Gasteiger partial charge in [0.05, 0.1) is 13.7 Å². The summed E-state index contributed by atoms with van der Waals surface area (Å²) in [6, 6.07) is 5.47. The third kappa shape index (κ3) is 6.32. The molecule has 1 aromatic carbocycles. The third-order valence-corrected chi connectivity index (χ3v) is 3.28. The van der Waals surface area contributed by atoms with Crippen molar-refractivity contribution in [3.05, 3.63) is 29.8 Å². The molecule has 0 atom stereocenters. The zero-order valence-electron chi connectivity index (χ0n) is 14.8. The molecule has 0 aliphatic rings. The van der Waals surface area contributed by atoms with Gasteiger partial charge in [0.25, 0.3) is 5.91 Å². The van der Waals surface area contributed by atoms with E-state index >= 15 is 0 Å². The number of hydrogen-bond donors (Lipinski definition) is 1. The van der Waals surface area contributed by atoms with Crippen molar-refractivity contribution in [1.82, 2.24) is 10.2 Å². The molecule has 0 bridgehead atoms. The van der Waals surface area contributed by atoms with Crippen molar-refractivity contribution in [2.75, 3.05) is 33.9 Å². The van der Waals surface area contributed by atoms with Gasteiger partial charge in [-0.15, -0.1) is 0 Å². The molecule has 0 aliphatic heterocycles. The van der Waals surface area contributed by atoms with Crippen LogP contribution in [-0.2, 0) is 9.59 Å². The first-order valence-corrected chi connectivity index (χ1v) is 7.96. The van der Waals surface area contributed by atoms with Gasteiger partial charge in [0.15, 0.2) is 18.1 Å². The van der Waals surface area contributed by atoms with Crippen molar-refractivity contribution in [2.45, 2.75) is 20.3 Å². The number of rotatable bonds is 9. The fraction of sp³-hybridized carbons (Fsp3) is 0.444. The van der Waals surface area contributed by atoms with Gasteiger partial charge in [0, 0.05) is 13.6 Å². The number of methoxy groups -OCH3 is 1. The highest BCUT2D eigenvalue weighted by Crippen LogP contribution is 2.28. The molecule has 24 heavy (non-hydrogen) atoms. The van der Waals surface area contributed by atoms with Crippen molar-refractivity contribution in [3.8, 4) is 11.5 Å². The van der Waals surface area contributed by atoms with E-state index in [-0.39, 0.29) is 25.0 Å². The number of carbonyl (C=O) groups excluding carboxylic acids is 2. The van der Waals surface area contributed by atoms with Crippen molar-refractivity contribution in [1.29, 1.82) is 0 Å². The van der Waals surface area contributed by atoms with Crippen LogP contribution >= 0.6 is 0 Å². The molecule has 0 saturated carbocycles. The van der Waals surface area contributed by atoms with E-state index in [0.29, 0.717) is 18.0 Å². The van der Waals surface area contributed by atoms with Crippen molar-refractivity contribution < 1.29 is 19.1 Å². The summed E-state index contributed by atoms with van der Waals surface area (Å²) in [6.45, 7) is 4.36. The Morgan fingerprint density at radius 1 is 1.29 bits per heavy atom. The highest BCUT2D eigenvalue weighted by atomic mass is 16.5. The van der Waals surface area contributed by atoms with Crippen LogP contribution in [0.1, 0.15) is 25.8 Å². The second kappa shape index (κ2) is 10.3. The van der Waals surface area contributed by atoms with E-state index in [9.17, 15) is 9.59 Å². The summed E-state index contributed by atoms with van der Waals surface area (Å²) in [4.78, 5) is 25.0. The molecule has 0 aliphatic carbocycles. The molecule has 0 unspecified atom stereocenters. The summed E-state index contributed by atoms with van der Waals surface area (Å²) in [6.07, 6.45) is 4.73. The molecule has 2 amide bonds. The molecule has 0 heterocycles. The van der Waals surface area contributed by atoms with E-state index in [4.69, 9.17) is 9.47 Å². The molecular formula is C18H26N2O4. The van der Waals surface area contributed by atoms with E-state index in [2.05, 4.69) is 5.32 Å². The zero-order chi connectivity index (χ0) is 17.9. The summed E-state index contributed by atoms with van der Waals surface area (Å²) in [7, 11) is 3.12. The standard InChI is InChI=1S/C18H26N2O4/c1-5-7-14-8-9-15(16(11-14)23-4)24-13-18(22)20(3)12-17(21)19-10-6-2/h5,7-9,11H,6,10,12-13H2,1-4H3,(H,19,21)/b7-5+. The minimum absolute atomic E-state index is 0.0135. The van der Waals surface area contributed by atoms with Gasteiger partial charge in [-0.1, -0.05) is 25.1 Å². The summed E-state index contributed by atoms with van der Waals surface area (Å²) < 4.78 is 10.8. The molecular weight excluding hydrogens is 308 g/mol. The molecule has 6 nitrogen and oxygen atoms in total. The lowest BCUT2D eigenvalue weighted by molar-refractivity contribution is -0.136. The molecule has 0 saturated heterocycles. The number of hydrogen-bond acceptors (Lipinski definition) is 4. The van der Waals surface area contributed by atoms with Crippen LogP contribution in [0.4, 0.5) is 0 Å². The van der Waals surface area contributed by atoms with Gasteiger partial charge in [-0.2, -0.15) is 0 Å². The first-order chi connectivity index (χ1) is 11.5. The first kappa shape index (κ1) is 19.5. The van der Waals surface area contributed by atoms with E-state index < -0.39 is 0 Å². The van der Waals surface area contributed by atoms with Gasteiger partial charge in [-0.3, -0.25) is 9.59 Å². The summed E-state index contributed by atoms with van der Waals surface area (Å²) in [5.41, 5.74) is 0.984. The lowest BCUT2D eigenvalue weighted by Crippen LogP contribution is -2.40. The molecule has 6 heteroatoms. The number of benzene rings is 1. The summed E-state index contributed by atoms with van der Waals surface area (Å²) >= 11 is 0. The Labute approximate surface area is 143 Å². The van der Waals surface area contributed by atoms with Crippen molar-refractivity contribution in [2.24, 2.45) is 0 Å². The smallest absolute Gasteiger partial charge is 0.260 e. The SMILES string of the molecule is C/C=C/c1ccc(OCC(=O)N(C)CC(=O)NCCC)c(OC)c1. The minimum atomic E-state index is -0.277. The van der Waals surface area contributed by atoms with E-state index in [1.54, 1.807) is 20.2 Å². The van der Waals surface area contributed by atoms with E-state index in [1.807, 2.05) is 38.1 Å². The molecule has 1 aromatic rings. The average Bonchev–Trinajstić information content (AvgIpc) is 2.58. The predicted octanol–water partition coefficient (Wildman–Crippen LogP) is 2.09. The summed E-state index contributed by atoms with van der Waals surface area (Å²) in [5, 5.41) is 2.73. The Morgan fingerprint density at radius 2 is 2.04 bits per heavy atom. The maximum absolute atomic E-state index is 12.1. The van der Waals surface area contributed by atoms with Gasteiger partial charge < -0.3 is 19.7 Å². The number of ether oxygens (including phenoxy) is 2. The third-order valence-electron chi connectivity index (χ3n) is 3.28. The number of amides is 2. The Kier molecular flexibility index (Phi) is 8.39. The number of likely N-dealkylation sites (N-methyl/N-ethyl adjacent to an activating group) is 1. The van der Waals surface area contributed by atoms with Crippen LogP contribution in [-0.4, -0.2) is 50.6 Å². The van der Waals surface area contributed by atoms with Crippen LogP contribution < -0.4 is 14.8 Å². The number of carbonyl (C=O) groups is 2. The van der Waals surface area contributed by atoms with E-state index in [1.165, 1.54) is 4.90 Å². The fourth-order valence-electron chi connectivity index (χ4n) is 1.97. The maximum atomic E-state index is 12.1. The molecule has 1 rings (SSSR count). The topological polar surface area (TPSA) is 67.9 Å². The predicted molar refractivity (Wildman–Crippen MR) is 94.1 cm³/mol. The van der Waals surface area contributed by atoms with Crippen LogP contribution in [0.2, 0.25) is 0 Å². The normalized spacial score (nSPS) is 10.5. The van der Waals surface area contributed by atoms with Crippen LogP contribution in [0.5, 0.6) is 11.5 Å². The summed E-state index contributed by atoms with van der Waals surface area (Å²) in [5.74, 6) is 0.590. The highest BCUT2D eigenvalue weighted by Gasteiger charge is 2.14. The van der Waals surface area contributed by atoms with Crippen molar-refractivity contribution in [3.63, 3.8) is 0 Å². The van der Waals surface area contributed by atoms with Gasteiger partial charge in [0.1, 0.15) is 0 Å². The van der Waals surface area contributed by atoms with Gasteiger partial charge >= 0.3 is 0 Å². The van der Waals surface area contributed by atoms with Crippen LogP contribution in [0.3, 0.4) is 0 Å². The van der Waals surface area contributed by atoms with Gasteiger partial charge in [-0.05, 0) is 31.0 Å². The Balaban J connectivity index is 2.58. The molecule has 132 valence electrons. The van der Waals surface area contributed by atoms with Gasteiger partial charge in [0.2, 0.25) is 5.91 Å². The largest absolute Gasteiger partial charge is 0.493 e. The molecule has 0 fully saturated rings. The van der Waals surface area contributed by atoms with Crippen LogP contribution in [0.15, 0.2) is 24.3 Å². The fourth-order valence-corrected chi connectivity index (χ4v) is 1.97. The molecule has 1 N–H and O–H groups in total. The van der Waals surface area contributed by atoms with Crippen molar-refractivity contribution >= 4 is 17.9 Å². The second-order valence-corrected chi connectivity index (χ2v) is 5.30. The zero-order valence-corrected chi connectivity index (χ0v) is 14.8. The molecule has 0 radical (unpaired) electrons. The lowest BCUT2D eigenvalue weighted by atomic mass is 10.2. The quantitative estimate of drug-likeness (QED) is 0.751. The number of nitrogens with one attached hydrogen (secondary N) is 1. The first-order valence-electron chi connectivity index (χ1n) is 7.96. The van der Waals surface area contributed by atoms with E-state index in [0.717, 1.165) is 12.0 Å². The number of nitrogens with zero attached hydrogens (tertiary/aromatic N) is 1. The highest BCUT2D eigenvalue weighted by molar-refractivity contribution is 5.85. The Hall–Kier alpha value is -2.50. The Morgan fingerprint density at radius 3 is 2.67 bits per heavy atom. The lowest BCUT2D eigenvalue weighted by Gasteiger charge is -2.17. The number of allylic oxidation sites excluding steroid dienone is 1. The monoisotopic (exact) mass is 334 g/mol. The molecule has 0 aromatic heterocycles. The van der Waals surface area contributed by atoms with Gasteiger partial charge in [-0.25, -0.2) is 0 Å². The van der Waals surface area contributed by atoms with Crippen LogP contribution in [0.25, 0.3) is 6.08 Å². The second-order valence-electron chi connectivity index (χ2n) is 5.30. The molecule has 0 spiro atoms. The maximum Gasteiger partial charge on any atom is 0.260 e.